The standard InChI is InChI=1S/C61H39NO/c1-2-15-41(16-3-1)46-17-7-12-27-58(46)62(45-36-31-42(32-37-45)47-22-14-23-53-52-21-8-13-28-59(52)63-60(47)53)44-34-29-40(30-35-44)43-33-38-51-50-20-6-11-26-56(50)61(57(51)39-43)54-24-9-4-18-48(54)49-19-5-10-25-55(49)61/h1-39H. The second-order valence-corrected chi connectivity index (χ2v) is 16.7. The van der Waals surface area contributed by atoms with E-state index in [9.17, 15) is 0 Å². The summed E-state index contributed by atoms with van der Waals surface area (Å²) < 4.78 is 6.46. The third-order valence-corrected chi connectivity index (χ3v) is 13.5. The van der Waals surface area contributed by atoms with Crippen LogP contribution in [0, 0.1) is 0 Å². The van der Waals surface area contributed by atoms with Gasteiger partial charge in [-0.2, -0.15) is 0 Å². The zero-order valence-corrected chi connectivity index (χ0v) is 34.4. The Balaban J connectivity index is 0.933. The summed E-state index contributed by atoms with van der Waals surface area (Å²) in [5.41, 5.74) is 22.3. The van der Waals surface area contributed by atoms with Crippen molar-refractivity contribution in [2.45, 2.75) is 5.41 Å². The summed E-state index contributed by atoms with van der Waals surface area (Å²) in [5, 5.41) is 2.27. The first-order chi connectivity index (χ1) is 31.3. The molecule has 1 heterocycles. The second-order valence-electron chi connectivity index (χ2n) is 16.7. The van der Waals surface area contributed by atoms with Crippen LogP contribution in [0.15, 0.2) is 241 Å². The lowest BCUT2D eigenvalue weighted by Crippen LogP contribution is -2.25. The van der Waals surface area contributed by atoms with Crippen LogP contribution in [0.2, 0.25) is 0 Å². The number of nitrogens with zero attached hydrogens (tertiary/aromatic N) is 1. The molecule has 0 radical (unpaired) electrons. The predicted molar refractivity (Wildman–Crippen MR) is 261 cm³/mol. The van der Waals surface area contributed by atoms with Crippen molar-refractivity contribution < 1.29 is 4.42 Å². The molecule has 294 valence electrons. The lowest BCUT2D eigenvalue weighted by Gasteiger charge is -2.30. The van der Waals surface area contributed by atoms with Crippen LogP contribution in [0.5, 0.6) is 0 Å². The molecule has 2 nitrogen and oxygen atoms in total. The largest absolute Gasteiger partial charge is 0.455 e. The smallest absolute Gasteiger partial charge is 0.143 e. The van der Waals surface area contributed by atoms with Gasteiger partial charge in [0.1, 0.15) is 11.2 Å². The van der Waals surface area contributed by atoms with Gasteiger partial charge >= 0.3 is 0 Å². The van der Waals surface area contributed by atoms with Crippen molar-refractivity contribution in [3.8, 4) is 55.6 Å². The number of rotatable bonds is 6. The molecule has 11 aromatic rings. The number of benzene rings is 10. The Hall–Kier alpha value is -8.20. The van der Waals surface area contributed by atoms with Gasteiger partial charge in [-0.25, -0.2) is 0 Å². The molecular weight excluding hydrogens is 763 g/mol. The number of hydrogen-bond donors (Lipinski definition) is 0. The summed E-state index contributed by atoms with van der Waals surface area (Å²) in [6.45, 7) is 0. The van der Waals surface area contributed by atoms with E-state index in [1.54, 1.807) is 0 Å². The fourth-order valence-electron chi connectivity index (χ4n) is 10.8. The predicted octanol–water partition coefficient (Wildman–Crippen LogP) is 16.4. The van der Waals surface area contributed by atoms with E-state index in [1.807, 2.05) is 12.1 Å². The number of fused-ring (bicyclic) bond motifs is 13. The number of hydrogen-bond acceptors (Lipinski definition) is 2. The molecule has 2 heteroatoms. The molecule has 1 aromatic heterocycles. The Bertz CT molecular complexity index is 3500. The lowest BCUT2D eigenvalue weighted by atomic mass is 9.70. The molecular formula is C61H39NO. The van der Waals surface area contributed by atoms with Gasteiger partial charge in [0.15, 0.2) is 0 Å². The molecule has 0 fully saturated rings. The van der Waals surface area contributed by atoms with Crippen molar-refractivity contribution >= 4 is 39.0 Å². The van der Waals surface area contributed by atoms with Crippen LogP contribution in [-0.2, 0) is 5.41 Å². The highest BCUT2D eigenvalue weighted by molar-refractivity contribution is 6.09. The molecule has 63 heavy (non-hydrogen) atoms. The minimum absolute atomic E-state index is 0.380. The van der Waals surface area contributed by atoms with Crippen LogP contribution in [-0.4, -0.2) is 0 Å². The molecule has 2 aliphatic carbocycles. The van der Waals surface area contributed by atoms with Crippen LogP contribution in [0.1, 0.15) is 22.3 Å². The second kappa shape index (κ2) is 13.9. The molecule has 0 unspecified atom stereocenters. The first kappa shape index (κ1) is 35.5. The summed E-state index contributed by atoms with van der Waals surface area (Å²) in [5.74, 6) is 0. The normalized spacial score (nSPS) is 12.9. The summed E-state index contributed by atoms with van der Waals surface area (Å²) in [7, 11) is 0. The topological polar surface area (TPSA) is 16.4 Å². The number of anilines is 3. The lowest BCUT2D eigenvalue weighted by molar-refractivity contribution is 0.670. The van der Waals surface area contributed by atoms with Crippen molar-refractivity contribution in [1.82, 2.24) is 0 Å². The number of furan rings is 1. The maximum atomic E-state index is 6.46. The van der Waals surface area contributed by atoms with Gasteiger partial charge in [0.05, 0.1) is 11.1 Å². The maximum Gasteiger partial charge on any atom is 0.143 e. The van der Waals surface area contributed by atoms with Crippen molar-refractivity contribution in [2.75, 3.05) is 4.90 Å². The van der Waals surface area contributed by atoms with Gasteiger partial charge in [0.2, 0.25) is 0 Å². The van der Waals surface area contributed by atoms with E-state index < -0.39 is 0 Å². The highest BCUT2D eigenvalue weighted by atomic mass is 16.3. The van der Waals surface area contributed by atoms with Gasteiger partial charge in [-0.1, -0.05) is 194 Å². The van der Waals surface area contributed by atoms with Gasteiger partial charge in [0.25, 0.3) is 0 Å². The quantitative estimate of drug-likeness (QED) is 0.167. The van der Waals surface area contributed by atoms with E-state index >= 15 is 0 Å². The fourth-order valence-corrected chi connectivity index (χ4v) is 10.8. The van der Waals surface area contributed by atoms with Gasteiger partial charge < -0.3 is 9.32 Å². The van der Waals surface area contributed by atoms with Crippen LogP contribution in [0.4, 0.5) is 17.1 Å². The van der Waals surface area contributed by atoms with Crippen molar-refractivity contribution in [2.24, 2.45) is 0 Å². The summed E-state index contributed by atoms with van der Waals surface area (Å²) in [4.78, 5) is 2.39. The Kier molecular flexibility index (Phi) is 7.85. The monoisotopic (exact) mass is 801 g/mol. The minimum Gasteiger partial charge on any atom is -0.455 e. The number of para-hydroxylation sites is 3. The molecule has 10 aromatic carbocycles. The van der Waals surface area contributed by atoms with Crippen LogP contribution in [0.3, 0.4) is 0 Å². The van der Waals surface area contributed by atoms with E-state index in [0.29, 0.717) is 0 Å². The molecule has 0 atom stereocenters. The molecule has 0 bridgehead atoms. The van der Waals surface area contributed by atoms with Crippen LogP contribution in [0.25, 0.3) is 77.6 Å². The van der Waals surface area contributed by atoms with E-state index in [0.717, 1.165) is 50.1 Å². The van der Waals surface area contributed by atoms with Crippen molar-refractivity contribution in [3.05, 3.63) is 259 Å². The third-order valence-electron chi connectivity index (χ3n) is 13.5. The highest BCUT2D eigenvalue weighted by Crippen LogP contribution is 2.63. The Labute approximate surface area is 366 Å². The first-order valence-corrected chi connectivity index (χ1v) is 21.8. The summed E-state index contributed by atoms with van der Waals surface area (Å²) >= 11 is 0. The molecule has 1 spiro atoms. The summed E-state index contributed by atoms with van der Waals surface area (Å²) in [6, 6.07) is 86.3. The van der Waals surface area contributed by atoms with E-state index in [1.165, 1.54) is 66.8 Å². The Morgan fingerprint density at radius 1 is 0.302 bits per heavy atom. The van der Waals surface area contributed by atoms with E-state index in [4.69, 9.17) is 4.42 Å². The molecule has 0 N–H and O–H groups in total. The molecule has 0 saturated heterocycles. The van der Waals surface area contributed by atoms with E-state index in [2.05, 4.69) is 229 Å². The molecule has 0 aliphatic heterocycles. The molecule has 13 rings (SSSR count). The molecule has 0 saturated carbocycles. The van der Waals surface area contributed by atoms with Crippen molar-refractivity contribution in [1.29, 1.82) is 0 Å². The zero-order chi connectivity index (χ0) is 41.5. The van der Waals surface area contributed by atoms with Gasteiger partial charge in [-0.15, -0.1) is 0 Å². The van der Waals surface area contributed by atoms with Gasteiger partial charge in [-0.3, -0.25) is 0 Å². The fraction of sp³-hybridized carbons (Fsp3) is 0.0164. The summed E-state index contributed by atoms with van der Waals surface area (Å²) in [6.07, 6.45) is 0. The Morgan fingerprint density at radius 2 is 0.778 bits per heavy atom. The average molecular weight is 802 g/mol. The Morgan fingerprint density at radius 3 is 1.44 bits per heavy atom. The van der Waals surface area contributed by atoms with Gasteiger partial charge in [-0.05, 0) is 109 Å². The highest BCUT2D eigenvalue weighted by Gasteiger charge is 2.51. The molecule has 2 aliphatic rings. The van der Waals surface area contributed by atoms with Crippen LogP contribution < -0.4 is 4.90 Å². The van der Waals surface area contributed by atoms with Gasteiger partial charge in [0, 0.05) is 33.3 Å². The maximum absolute atomic E-state index is 6.46. The SMILES string of the molecule is c1ccc(-c2ccccc2N(c2ccc(-c3ccc4c(c3)C3(c5ccccc5-c5ccccc53)c3ccccc3-4)cc2)c2ccc(-c3cccc4c3oc3ccccc34)cc2)cc1. The first-order valence-electron chi connectivity index (χ1n) is 21.8. The average Bonchev–Trinajstić information content (AvgIpc) is 3.99. The third kappa shape index (κ3) is 5.25. The van der Waals surface area contributed by atoms with E-state index in [-0.39, 0.29) is 5.41 Å². The van der Waals surface area contributed by atoms with Crippen LogP contribution >= 0.6 is 0 Å². The van der Waals surface area contributed by atoms with Crippen molar-refractivity contribution in [3.63, 3.8) is 0 Å². The molecule has 0 amide bonds. The zero-order valence-electron chi connectivity index (χ0n) is 34.4. The minimum atomic E-state index is -0.380.